The van der Waals surface area contributed by atoms with Crippen LogP contribution in [0.4, 0.5) is 11.4 Å². The molecule has 3 rings (SSSR count). The second-order valence-corrected chi connectivity index (χ2v) is 4.76. The Kier molecular flexibility index (Phi) is 3.40. The van der Waals surface area contributed by atoms with Gasteiger partial charge in [0, 0.05) is 29.5 Å². The fourth-order valence-electron chi connectivity index (χ4n) is 2.27. The highest BCUT2D eigenvalue weighted by molar-refractivity contribution is 5.81. The fourth-order valence-corrected chi connectivity index (χ4v) is 2.27. The Labute approximate surface area is 122 Å². The standard InChI is InChI=1S/C17H14N4/c18-10-14-9-15(6-7-16(14)19)21-11-13-4-1-3-12-5-2-8-20-17(12)13/h1-9,21H,11,19H2. The van der Waals surface area contributed by atoms with E-state index in [0.717, 1.165) is 22.2 Å². The molecule has 1 aromatic heterocycles. The van der Waals surface area contributed by atoms with Gasteiger partial charge in [0.1, 0.15) is 6.07 Å². The van der Waals surface area contributed by atoms with Crippen molar-refractivity contribution in [1.29, 1.82) is 5.26 Å². The number of anilines is 2. The molecule has 102 valence electrons. The van der Waals surface area contributed by atoms with Crippen LogP contribution in [0.2, 0.25) is 0 Å². The third-order valence-electron chi connectivity index (χ3n) is 3.37. The largest absolute Gasteiger partial charge is 0.398 e. The van der Waals surface area contributed by atoms with Crippen molar-refractivity contribution in [2.75, 3.05) is 11.1 Å². The van der Waals surface area contributed by atoms with Gasteiger partial charge in [-0.3, -0.25) is 4.98 Å². The number of benzene rings is 2. The molecule has 0 aliphatic carbocycles. The summed E-state index contributed by atoms with van der Waals surface area (Å²) in [7, 11) is 0. The van der Waals surface area contributed by atoms with E-state index in [1.807, 2.05) is 36.4 Å². The number of aromatic nitrogens is 1. The van der Waals surface area contributed by atoms with Crippen LogP contribution in [0.3, 0.4) is 0 Å². The van der Waals surface area contributed by atoms with Crippen LogP contribution in [0.15, 0.2) is 54.7 Å². The molecule has 1 heterocycles. The number of hydrogen-bond donors (Lipinski definition) is 2. The number of para-hydroxylation sites is 1. The zero-order chi connectivity index (χ0) is 14.7. The normalized spacial score (nSPS) is 10.2. The van der Waals surface area contributed by atoms with Gasteiger partial charge < -0.3 is 11.1 Å². The molecule has 4 heteroatoms. The lowest BCUT2D eigenvalue weighted by atomic mass is 10.1. The Morgan fingerprint density at radius 3 is 2.86 bits per heavy atom. The second kappa shape index (κ2) is 5.51. The maximum absolute atomic E-state index is 9.00. The average Bonchev–Trinajstić information content (AvgIpc) is 2.54. The SMILES string of the molecule is N#Cc1cc(NCc2cccc3cccnc23)ccc1N. The first-order valence-corrected chi connectivity index (χ1v) is 6.64. The number of pyridine rings is 1. The van der Waals surface area contributed by atoms with E-state index in [9.17, 15) is 0 Å². The van der Waals surface area contributed by atoms with E-state index in [2.05, 4.69) is 16.4 Å². The molecule has 0 bridgehead atoms. The van der Waals surface area contributed by atoms with E-state index in [1.54, 1.807) is 18.3 Å². The third-order valence-corrected chi connectivity index (χ3v) is 3.37. The Morgan fingerprint density at radius 2 is 2.00 bits per heavy atom. The molecule has 0 amide bonds. The predicted octanol–water partition coefficient (Wildman–Crippen LogP) is 3.30. The fraction of sp³-hybridized carbons (Fsp3) is 0.0588. The molecule has 0 spiro atoms. The zero-order valence-electron chi connectivity index (χ0n) is 11.4. The van der Waals surface area contributed by atoms with Crippen LogP contribution in [-0.4, -0.2) is 4.98 Å². The number of nitrogen functional groups attached to an aromatic ring is 1. The smallest absolute Gasteiger partial charge is 0.101 e. The summed E-state index contributed by atoms with van der Waals surface area (Å²) >= 11 is 0. The first kappa shape index (κ1) is 12.9. The summed E-state index contributed by atoms with van der Waals surface area (Å²) in [5.74, 6) is 0. The molecular weight excluding hydrogens is 260 g/mol. The molecule has 0 saturated heterocycles. The molecule has 2 aromatic carbocycles. The van der Waals surface area contributed by atoms with Gasteiger partial charge >= 0.3 is 0 Å². The molecule has 0 saturated carbocycles. The van der Waals surface area contributed by atoms with E-state index in [4.69, 9.17) is 11.0 Å². The van der Waals surface area contributed by atoms with Gasteiger partial charge in [0.05, 0.1) is 11.1 Å². The summed E-state index contributed by atoms with van der Waals surface area (Å²) < 4.78 is 0. The molecule has 0 unspecified atom stereocenters. The van der Waals surface area contributed by atoms with Crippen molar-refractivity contribution in [3.63, 3.8) is 0 Å². The van der Waals surface area contributed by atoms with Gasteiger partial charge in [-0.25, -0.2) is 0 Å². The van der Waals surface area contributed by atoms with Crippen LogP contribution in [0.25, 0.3) is 10.9 Å². The number of hydrogen-bond acceptors (Lipinski definition) is 4. The summed E-state index contributed by atoms with van der Waals surface area (Å²) in [6.07, 6.45) is 1.79. The lowest BCUT2D eigenvalue weighted by Gasteiger charge is -2.09. The Bertz CT molecular complexity index is 828. The highest BCUT2D eigenvalue weighted by Crippen LogP contribution is 2.20. The minimum absolute atomic E-state index is 0.482. The van der Waals surface area contributed by atoms with Gasteiger partial charge in [-0.1, -0.05) is 24.3 Å². The maximum Gasteiger partial charge on any atom is 0.101 e. The molecular formula is C17H14N4. The monoisotopic (exact) mass is 274 g/mol. The minimum Gasteiger partial charge on any atom is -0.398 e. The molecule has 3 aromatic rings. The minimum atomic E-state index is 0.482. The number of nitrogens with two attached hydrogens (primary N) is 1. The summed E-state index contributed by atoms with van der Waals surface area (Å²) in [6, 6.07) is 17.5. The molecule has 4 nitrogen and oxygen atoms in total. The van der Waals surface area contributed by atoms with E-state index in [0.29, 0.717) is 17.8 Å². The van der Waals surface area contributed by atoms with Gasteiger partial charge in [0.25, 0.3) is 0 Å². The Hall–Kier alpha value is -3.06. The van der Waals surface area contributed by atoms with Gasteiger partial charge in [-0.15, -0.1) is 0 Å². The molecule has 0 aliphatic heterocycles. The van der Waals surface area contributed by atoms with E-state index in [1.165, 1.54) is 0 Å². The van der Waals surface area contributed by atoms with E-state index in [-0.39, 0.29) is 0 Å². The molecule has 0 radical (unpaired) electrons. The lowest BCUT2D eigenvalue weighted by Crippen LogP contribution is -2.02. The summed E-state index contributed by atoms with van der Waals surface area (Å²) in [5, 5.41) is 13.4. The number of fused-ring (bicyclic) bond motifs is 1. The highest BCUT2D eigenvalue weighted by Gasteiger charge is 2.03. The maximum atomic E-state index is 9.00. The molecule has 0 aliphatic rings. The number of nitrogens with zero attached hydrogens (tertiary/aromatic N) is 2. The van der Waals surface area contributed by atoms with Gasteiger partial charge in [0.15, 0.2) is 0 Å². The van der Waals surface area contributed by atoms with Crippen LogP contribution in [-0.2, 0) is 6.54 Å². The molecule has 3 N–H and O–H groups in total. The Morgan fingerprint density at radius 1 is 1.14 bits per heavy atom. The van der Waals surface area contributed by atoms with Crippen LogP contribution in [0.5, 0.6) is 0 Å². The molecule has 0 fully saturated rings. The third kappa shape index (κ3) is 2.63. The topological polar surface area (TPSA) is 74.7 Å². The van der Waals surface area contributed by atoms with Crippen molar-refractivity contribution in [2.45, 2.75) is 6.54 Å². The van der Waals surface area contributed by atoms with Crippen molar-refractivity contribution >= 4 is 22.3 Å². The first-order chi connectivity index (χ1) is 10.3. The van der Waals surface area contributed by atoms with Gasteiger partial charge in [-0.2, -0.15) is 5.26 Å². The second-order valence-electron chi connectivity index (χ2n) is 4.76. The van der Waals surface area contributed by atoms with Crippen molar-refractivity contribution in [3.05, 3.63) is 65.9 Å². The van der Waals surface area contributed by atoms with Crippen LogP contribution >= 0.6 is 0 Å². The average molecular weight is 274 g/mol. The van der Waals surface area contributed by atoms with Gasteiger partial charge in [0.2, 0.25) is 0 Å². The summed E-state index contributed by atoms with van der Waals surface area (Å²) in [5.41, 5.74) is 9.67. The number of rotatable bonds is 3. The van der Waals surface area contributed by atoms with Gasteiger partial charge in [-0.05, 0) is 29.8 Å². The van der Waals surface area contributed by atoms with E-state index >= 15 is 0 Å². The number of nitrogens with one attached hydrogen (secondary N) is 1. The lowest BCUT2D eigenvalue weighted by molar-refractivity contribution is 1.15. The van der Waals surface area contributed by atoms with Crippen LogP contribution in [0.1, 0.15) is 11.1 Å². The molecule has 21 heavy (non-hydrogen) atoms. The predicted molar refractivity (Wildman–Crippen MR) is 84.6 cm³/mol. The van der Waals surface area contributed by atoms with Crippen LogP contribution in [0, 0.1) is 11.3 Å². The zero-order valence-corrected chi connectivity index (χ0v) is 11.4. The van der Waals surface area contributed by atoms with Crippen molar-refractivity contribution < 1.29 is 0 Å². The first-order valence-electron chi connectivity index (χ1n) is 6.64. The molecule has 0 atom stereocenters. The number of nitriles is 1. The highest BCUT2D eigenvalue weighted by atomic mass is 14.9. The van der Waals surface area contributed by atoms with Crippen molar-refractivity contribution in [3.8, 4) is 6.07 Å². The summed E-state index contributed by atoms with van der Waals surface area (Å²) in [4.78, 5) is 4.43. The van der Waals surface area contributed by atoms with Crippen LogP contribution < -0.4 is 11.1 Å². The quantitative estimate of drug-likeness (QED) is 0.718. The Balaban J connectivity index is 1.86. The summed E-state index contributed by atoms with van der Waals surface area (Å²) in [6.45, 7) is 0.642. The van der Waals surface area contributed by atoms with Crippen molar-refractivity contribution in [1.82, 2.24) is 4.98 Å². The van der Waals surface area contributed by atoms with E-state index < -0.39 is 0 Å². The van der Waals surface area contributed by atoms with Crippen molar-refractivity contribution in [2.24, 2.45) is 0 Å².